The average Bonchev–Trinajstić information content (AvgIpc) is 3.45. The monoisotopic (exact) mass is 418 g/mol. The molecule has 166 valence electrons. The van der Waals surface area contributed by atoms with Gasteiger partial charge in [0.25, 0.3) is 0 Å². The van der Waals surface area contributed by atoms with Gasteiger partial charge in [-0.1, -0.05) is 34.9 Å². The molecule has 0 aromatic carbocycles. The van der Waals surface area contributed by atoms with Gasteiger partial charge >= 0.3 is 5.97 Å². The van der Waals surface area contributed by atoms with Crippen LogP contribution < -0.4 is 0 Å². The van der Waals surface area contributed by atoms with E-state index in [1.54, 1.807) is 0 Å². The lowest BCUT2D eigenvalue weighted by molar-refractivity contribution is -0.140. The molecule has 3 atom stereocenters. The summed E-state index contributed by atoms with van der Waals surface area (Å²) in [5, 5.41) is 19.4. The molecule has 0 saturated carbocycles. The minimum Gasteiger partial charge on any atom is -0.461 e. The third-order valence-corrected chi connectivity index (χ3v) is 5.65. The van der Waals surface area contributed by atoms with Crippen molar-refractivity contribution in [3.8, 4) is 0 Å². The maximum absolute atomic E-state index is 12.5. The van der Waals surface area contributed by atoms with Gasteiger partial charge in [-0.2, -0.15) is 0 Å². The topological polar surface area (TPSA) is 96.4 Å². The third kappa shape index (κ3) is 6.49. The fourth-order valence-electron chi connectivity index (χ4n) is 3.54. The number of hydrogen-bond donors (Lipinski definition) is 2. The molecule has 1 fully saturated rings. The summed E-state index contributed by atoms with van der Waals surface area (Å²) in [6.07, 6.45) is 10.4. The van der Waals surface area contributed by atoms with E-state index in [0.717, 1.165) is 31.3 Å². The van der Waals surface area contributed by atoms with Gasteiger partial charge < -0.3 is 19.7 Å². The Morgan fingerprint density at radius 1 is 1.10 bits per heavy atom. The predicted molar refractivity (Wildman–Crippen MR) is 115 cm³/mol. The van der Waals surface area contributed by atoms with E-state index in [1.807, 2.05) is 19.9 Å². The van der Waals surface area contributed by atoms with Crippen LogP contribution in [0.1, 0.15) is 59.8 Å². The number of ketones is 1. The largest absolute Gasteiger partial charge is 0.461 e. The number of allylic oxidation sites excluding steroid dienone is 4. The number of ether oxygens (including phenoxy) is 2. The molecule has 0 aromatic heterocycles. The third-order valence-electron chi connectivity index (χ3n) is 5.65. The molecule has 1 saturated heterocycles. The summed E-state index contributed by atoms with van der Waals surface area (Å²) in [6, 6.07) is 0. The molecule has 0 spiro atoms. The molecule has 1 unspecified atom stereocenters. The van der Waals surface area contributed by atoms with Crippen LogP contribution in [-0.4, -0.2) is 53.0 Å². The van der Waals surface area contributed by atoms with Crippen LogP contribution in [0.4, 0.5) is 0 Å². The summed E-state index contributed by atoms with van der Waals surface area (Å²) < 4.78 is 10.5. The summed E-state index contributed by atoms with van der Waals surface area (Å²) in [6.45, 7) is 7.39. The lowest BCUT2D eigenvalue weighted by atomic mass is 9.84. The fourth-order valence-corrected chi connectivity index (χ4v) is 3.54. The number of aliphatic hydroxyl groups excluding tert-OH is 2. The van der Waals surface area contributed by atoms with E-state index in [-0.39, 0.29) is 19.0 Å². The Bertz CT molecular complexity index is 773. The first kappa shape index (κ1) is 24.3. The highest BCUT2D eigenvalue weighted by atomic mass is 16.6. The lowest BCUT2D eigenvalue weighted by Gasteiger charge is -2.20. The maximum Gasteiger partial charge on any atom is 0.302 e. The zero-order valence-corrected chi connectivity index (χ0v) is 18.4. The molecule has 6 nitrogen and oxygen atoms in total. The van der Waals surface area contributed by atoms with Gasteiger partial charge in [-0.05, 0) is 52.5 Å². The number of aliphatic hydroxyl groups is 2. The Labute approximate surface area is 179 Å². The van der Waals surface area contributed by atoms with Crippen molar-refractivity contribution in [3.05, 3.63) is 46.6 Å². The van der Waals surface area contributed by atoms with E-state index in [4.69, 9.17) is 14.6 Å². The molecular formula is C24H34O6. The van der Waals surface area contributed by atoms with Crippen LogP contribution in [0.3, 0.4) is 0 Å². The number of fused-ring (bicyclic) bond motifs is 1. The second kappa shape index (κ2) is 10.8. The van der Waals surface area contributed by atoms with E-state index < -0.39 is 23.8 Å². The van der Waals surface area contributed by atoms with Crippen molar-refractivity contribution in [2.75, 3.05) is 13.2 Å². The standard InChI is InChI=1S/C24H34O6/c1-16(8-6-10-18(3)14-25)7-5-9-17(2)11-12-24-21(27)13-20(15-29-19(4)26)22(28)23(24)30-24/h7,10-11,13,22-23,25,28H,5-6,8-9,12,14-15H2,1-4H3/b16-7+,17-11+,18-10+/t22-,23-,24?/m1/s1. The van der Waals surface area contributed by atoms with Gasteiger partial charge in [-0.3, -0.25) is 9.59 Å². The number of rotatable bonds is 11. The molecule has 0 aromatic rings. The number of carbonyl (C=O) groups excluding carboxylic acids is 2. The van der Waals surface area contributed by atoms with E-state index >= 15 is 0 Å². The highest BCUT2D eigenvalue weighted by molar-refractivity contribution is 6.02. The Balaban J connectivity index is 1.83. The Morgan fingerprint density at radius 2 is 1.70 bits per heavy atom. The van der Waals surface area contributed by atoms with E-state index in [9.17, 15) is 14.7 Å². The quantitative estimate of drug-likeness (QED) is 0.303. The van der Waals surface area contributed by atoms with Gasteiger partial charge in [0.15, 0.2) is 11.4 Å². The average molecular weight is 419 g/mol. The lowest BCUT2D eigenvalue weighted by Crippen LogP contribution is -2.38. The van der Waals surface area contributed by atoms with Gasteiger partial charge in [0.1, 0.15) is 18.8 Å². The van der Waals surface area contributed by atoms with Crippen LogP contribution in [0.15, 0.2) is 46.6 Å². The SMILES string of the molecule is CC(=O)OCC1=CC(=O)C2(C/C=C(\C)CC/C=C(\C)CC/C=C(\C)CO)O[C@@H]2[C@@H]1O. The van der Waals surface area contributed by atoms with Crippen molar-refractivity contribution in [3.63, 3.8) is 0 Å². The van der Waals surface area contributed by atoms with Crippen LogP contribution in [0.2, 0.25) is 0 Å². The minimum absolute atomic E-state index is 0.0892. The van der Waals surface area contributed by atoms with Crippen molar-refractivity contribution >= 4 is 11.8 Å². The number of esters is 1. The fraction of sp³-hybridized carbons (Fsp3) is 0.583. The maximum atomic E-state index is 12.5. The summed E-state index contributed by atoms with van der Waals surface area (Å²) in [5.74, 6) is -0.630. The van der Waals surface area contributed by atoms with Crippen molar-refractivity contribution in [2.45, 2.75) is 77.6 Å². The van der Waals surface area contributed by atoms with E-state index in [2.05, 4.69) is 19.1 Å². The summed E-state index contributed by atoms with van der Waals surface area (Å²) in [7, 11) is 0. The smallest absolute Gasteiger partial charge is 0.302 e. The van der Waals surface area contributed by atoms with Gasteiger partial charge in [-0.15, -0.1) is 0 Å². The molecule has 2 aliphatic rings. The second-order valence-electron chi connectivity index (χ2n) is 8.33. The second-order valence-corrected chi connectivity index (χ2v) is 8.33. The van der Waals surface area contributed by atoms with Gasteiger partial charge in [0, 0.05) is 18.9 Å². The van der Waals surface area contributed by atoms with Crippen molar-refractivity contribution < 1.29 is 29.3 Å². The van der Waals surface area contributed by atoms with Gasteiger partial charge in [-0.25, -0.2) is 0 Å². The Kier molecular flexibility index (Phi) is 8.77. The van der Waals surface area contributed by atoms with Crippen LogP contribution >= 0.6 is 0 Å². The summed E-state index contributed by atoms with van der Waals surface area (Å²) in [5.41, 5.74) is 2.92. The van der Waals surface area contributed by atoms with Crippen LogP contribution in [0.5, 0.6) is 0 Å². The highest BCUT2D eigenvalue weighted by Gasteiger charge is 2.66. The van der Waals surface area contributed by atoms with Crippen LogP contribution in [0, 0.1) is 0 Å². The van der Waals surface area contributed by atoms with E-state index in [0.29, 0.717) is 12.0 Å². The first-order chi connectivity index (χ1) is 14.2. The van der Waals surface area contributed by atoms with E-state index in [1.165, 1.54) is 24.1 Å². The summed E-state index contributed by atoms with van der Waals surface area (Å²) in [4.78, 5) is 23.5. The van der Waals surface area contributed by atoms with Crippen LogP contribution in [0.25, 0.3) is 0 Å². The molecule has 1 aliphatic carbocycles. The summed E-state index contributed by atoms with van der Waals surface area (Å²) >= 11 is 0. The number of carbonyl (C=O) groups is 2. The molecule has 1 aliphatic heterocycles. The Morgan fingerprint density at radius 3 is 2.30 bits per heavy atom. The van der Waals surface area contributed by atoms with Crippen molar-refractivity contribution in [1.82, 2.24) is 0 Å². The molecular weight excluding hydrogens is 384 g/mol. The normalized spacial score (nSPS) is 26.9. The minimum atomic E-state index is -0.969. The van der Waals surface area contributed by atoms with Crippen molar-refractivity contribution in [1.29, 1.82) is 0 Å². The molecule has 1 heterocycles. The Hall–Kier alpha value is -2.02. The molecule has 2 N–H and O–H groups in total. The van der Waals surface area contributed by atoms with Gasteiger partial charge in [0.2, 0.25) is 0 Å². The van der Waals surface area contributed by atoms with Crippen molar-refractivity contribution in [2.24, 2.45) is 0 Å². The highest BCUT2D eigenvalue weighted by Crippen LogP contribution is 2.48. The first-order valence-corrected chi connectivity index (χ1v) is 10.5. The molecule has 30 heavy (non-hydrogen) atoms. The molecule has 0 radical (unpaired) electrons. The van der Waals surface area contributed by atoms with Gasteiger partial charge in [0.05, 0.1) is 6.61 Å². The molecule has 0 bridgehead atoms. The molecule has 6 heteroatoms. The predicted octanol–water partition coefficient (Wildman–Crippen LogP) is 3.34. The number of hydrogen-bond acceptors (Lipinski definition) is 6. The molecule has 0 amide bonds. The molecule has 2 rings (SSSR count). The zero-order valence-electron chi connectivity index (χ0n) is 18.4. The number of epoxide rings is 1. The van der Waals surface area contributed by atoms with Crippen LogP contribution in [-0.2, 0) is 19.1 Å². The zero-order chi connectivity index (χ0) is 22.3. The first-order valence-electron chi connectivity index (χ1n) is 10.5.